The van der Waals surface area contributed by atoms with E-state index in [1.54, 1.807) is 0 Å². The van der Waals surface area contributed by atoms with Gasteiger partial charge in [0.25, 0.3) is 0 Å². The van der Waals surface area contributed by atoms with Crippen molar-refractivity contribution < 1.29 is 42.6 Å². The summed E-state index contributed by atoms with van der Waals surface area (Å²) >= 11 is 7.92. The van der Waals surface area contributed by atoms with Crippen LogP contribution in [0.4, 0.5) is 0 Å². The maximum absolute atomic E-state index is 5.64. The van der Waals surface area contributed by atoms with Crippen LogP contribution < -0.4 is 0 Å². The van der Waals surface area contributed by atoms with Crippen LogP contribution in [0.25, 0.3) is 0 Å². The molecule has 11 heteroatoms. The van der Waals surface area contributed by atoms with Crippen molar-refractivity contribution in [2.75, 3.05) is 129 Å². The third-order valence-corrected chi connectivity index (χ3v) is 5.08. The van der Waals surface area contributed by atoms with Gasteiger partial charge in [0, 0.05) is 16.9 Å². The van der Waals surface area contributed by atoms with Crippen LogP contribution >= 0.6 is 34.2 Å². The molecule has 0 spiro atoms. The molecule has 0 fully saturated rings. The van der Waals surface area contributed by atoms with E-state index in [0.29, 0.717) is 106 Å². The lowest BCUT2D eigenvalue weighted by Crippen LogP contribution is -2.15. The van der Waals surface area contributed by atoms with Crippen LogP contribution in [0.15, 0.2) is 0 Å². The normalized spacial score (nSPS) is 11.5. The lowest BCUT2D eigenvalue weighted by molar-refractivity contribution is -0.0248. The van der Waals surface area contributed by atoms with E-state index >= 15 is 0 Å². The Morgan fingerprint density at radius 1 is 0.314 bits per heavy atom. The highest BCUT2D eigenvalue weighted by molar-refractivity contribution is 14.1. The number of unbranched alkanes of at least 4 members (excludes halogenated alkanes) is 3. The van der Waals surface area contributed by atoms with E-state index in [9.17, 15) is 0 Å². The minimum absolute atomic E-state index is 0.536. The van der Waals surface area contributed by atoms with Crippen molar-refractivity contribution in [2.45, 2.75) is 25.7 Å². The Hall–Kier alpha value is 0.660. The van der Waals surface area contributed by atoms with E-state index in [1.165, 1.54) is 12.8 Å². The number of ether oxygens (including phenoxy) is 9. The molecule has 0 N–H and O–H groups in total. The zero-order valence-corrected chi connectivity index (χ0v) is 24.3. The number of hydrogen-bond donors (Lipinski definition) is 0. The summed E-state index contributed by atoms with van der Waals surface area (Å²) in [6.45, 7) is 10.6. The summed E-state index contributed by atoms with van der Waals surface area (Å²) in [7, 11) is 0. The fourth-order valence-electron chi connectivity index (χ4n) is 2.57. The molecular weight excluding hydrogens is 595 g/mol. The molecule has 0 rings (SSSR count). The summed E-state index contributed by atoms with van der Waals surface area (Å²) in [6, 6.07) is 0. The second-order valence-electron chi connectivity index (χ2n) is 7.30. The number of rotatable bonds is 32. The monoisotopic (exact) mass is 642 g/mol. The molecule has 212 valence electrons. The molecule has 0 aliphatic carbocycles. The Kier molecular flexibility index (Phi) is 35.3. The van der Waals surface area contributed by atoms with Gasteiger partial charge in [0.05, 0.1) is 112 Å². The van der Waals surface area contributed by atoms with Gasteiger partial charge in [0.1, 0.15) is 0 Å². The molecular formula is C24H48ClIO9. The smallest absolute Gasteiger partial charge is 0.0701 e. The lowest BCUT2D eigenvalue weighted by atomic mass is 10.2. The Morgan fingerprint density at radius 2 is 0.571 bits per heavy atom. The van der Waals surface area contributed by atoms with Gasteiger partial charge in [0.15, 0.2) is 0 Å². The first-order valence-electron chi connectivity index (χ1n) is 12.7. The molecule has 0 radical (unpaired) electrons. The topological polar surface area (TPSA) is 83.1 Å². The van der Waals surface area contributed by atoms with Gasteiger partial charge < -0.3 is 42.6 Å². The van der Waals surface area contributed by atoms with E-state index in [2.05, 4.69) is 22.6 Å². The molecule has 35 heavy (non-hydrogen) atoms. The number of alkyl halides is 2. The van der Waals surface area contributed by atoms with Gasteiger partial charge >= 0.3 is 0 Å². The van der Waals surface area contributed by atoms with Gasteiger partial charge in [-0.3, -0.25) is 0 Å². The Bertz CT molecular complexity index is 342. The van der Waals surface area contributed by atoms with Gasteiger partial charge in [-0.15, -0.1) is 11.6 Å². The highest BCUT2D eigenvalue weighted by Crippen LogP contribution is 2.01. The van der Waals surface area contributed by atoms with E-state index in [0.717, 1.165) is 36.4 Å². The number of hydrogen-bond acceptors (Lipinski definition) is 9. The average molecular weight is 643 g/mol. The van der Waals surface area contributed by atoms with Gasteiger partial charge in [-0.05, 0) is 12.8 Å². The van der Waals surface area contributed by atoms with Crippen LogP contribution in [-0.2, 0) is 42.6 Å². The largest absolute Gasteiger partial charge is 0.379 e. The van der Waals surface area contributed by atoms with Crippen molar-refractivity contribution in [1.29, 1.82) is 0 Å². The molecule has 0 aliphatic rings. The fraction of sp³-hybridized carbons (Fsp3) is 1.00. The van der Waals surface area contributed by atoms with Gasteiger partial charge in [0.2, 0.25) is 0 Å². The summed E-state index contributed by atoms with van der Waals surface area (Å²) in [4.78, 5) is 0. The number of halogens is 2. The Balaban J connectivity index is 3.00. The Labute approximate surface area is 231 Å². The quantitative estimate of drug-likeness (QED) is 0.0623. The molecule has 0 saturated carbocycles. The Morgan fingerprint density at radius 3 is 0.857 bits per heavy atom. The summed E-state index contributed by atoms with van der Waals surface area (Å²) in [5, 5.41) is 0. The second kappa shape index (κ2) is 34.7. The van der Waals surface area contributed by atoms with Crippen LogP contribution in [0, 0.1) is 0 Å². The van der Waals surface area contributed by atoms with E-state index < -0.39 is 0 Å². The van der Waals surface area contributed by atoms with Crippen molar-refractivity contribution in [3.8, 4) is 0 Å². The first kappa shape index (κ1) is 35.7. The van der Waals surface area contributed by atoms with Gasteiger partial charge in [-0.1, -0.05) is 35.4 Å². The molecule has 0 atom stereocenters. The third-order valence-electron chi connectivity index (χ3n) is 4.37. The second-order valence-corrected chi connectivity index (χ2v) is 8.76. The van der Waals surface area contributed by atoms with Crippen LogP contribution in [0.5, 0.6) is 0 Å². The summed E-state index contributed by atoms with van der Waals surface area (Å²) in [6.07, 6.45) is 4.52. The summed E-state index contributed by atoms with van der Waals surface area (Å²) < 4.78 is 49.9. The van der Waals surface area contributed by atoms with E-state index in [4.69, 9.17) is 54.2 Å². The standard InChI is InChI=1S/C24H48ClIO9/c25-5-3-1-2-4-7-27-9-11-29-13-15-31-17-19-33-21-23-35-24-22-34-20-18-32-16-14-30-12-10-28-8-6-26/h1-24H2. The molecule has 0 aliphatic heterocycles. The summed E-state index contributed by atoms with van der Waals surface area (Å²) in [5.74, 6) is 0.749. The molecule has 0 heterocycles. The molecule has 0 unspecified atom stereocenters. The van der Waals surface area contributed by atoms with Gasteiger partial charge in [-0.2, -0.15) is 0 Å². The lowest BCUT2D eigenvalue weighted by Gasteiger charge is -2.09. The van der Waals surface area contributed by atoms with Crippen LogP contribution in [0.1, 0.15) is 25.7 Å². The van der Waals surface area contributed by atoms with E-state index in [1.807, 2.05) is 0 Å². The van der Waals surface area contributed by atoms with Crippen LogP contribution in [0.2, 0.25) is 0 Å². The molecule has 9 nitrogen and oxygen atoms in total. The molecule has 0 bridgehead atoms. The first-order valence-corrected chi connectivity index (χ1v) is 14.8. The molecule has 0 aromatic carbocycles. The maximum atomic E-state index is 5.64. The zero-order valence-electron chi connectivity index (χ0n) is 21.4. The van der Waals surface area contributed by atoms with Crippen molar-refractivity contribution in [2.24, 2.45) is 0 Å². The molecule has 0 aromatic heterocycles. The zero-order chi connectivity index (χ0) is 25.3. The van der Waals surface area contributed by atoms with Crippen molar-refractivity contribution >= 4 is 34.2 Å². The molecule has 0 saturated heterocycles. The SMILES string of the molecule is ClCCCCCCOCCOCCOCCOCCOCCOCCOCCOCCOCCI. The highest BCUT2D eigenvalue weighted by atomic mass is 127. The van der Waals surface area contributed by atoms with Crippen molar-refractivity contribution in [3.05, 3.63) is 0 Å². The van der Waals surface area contributed by atoms with Crippen LogP contribution in [-0.4, -0.2) is 129 Å². The minimum atomic E-state index is 0.536. The predicted octanol–water partition coefficient (Wildman–Crippen LogP) is 3.37. The average Bonchev–Trinajstić information content (AvgIpc) is 2.87. The minimum Gasteiger partial charge on any atom is -0.379 e. The van der Waals surface area contributed by atoms with Crippen molar-refractivity contribution in [3.63, 3.8) is 0 Å². The first-order chi connectivity index (χ1) is 17.4. The van der Waals surface area contributed by atoms with Crippen molar-refractivity contribution in [1.82, 2.24) is 0 Å². The predicted molar refractivity (Wildman–Crippen MR) is 145 cm³/mol. The molecule has 0 aromatic rings. The highest BCUT2D eigenvalue weighted by Gasteiger charge is 1.96. The summed E-state index contributed by atoms with van der Waals surface area (Å²) in [5.41, 5.74) is 0. The molecule has 0 amide bonds. The van der Waals surface area contributed by atoms with Crippen LogP contribution in [0.3, 0.4) is 0 Å². The van der Waals surface area contributed by atoms with Gasteiger partial charge in [-0.25, -0.2) is 0 Å². The fourth-order valence-corrected chi connectivity index (χ4v) is 3.07. The van der Waals surface area contributed by atoms with E-state index in [-0.39, 0.29) is 0 Å². The third kappa shape index (κ3) is 34.7. The maximum Gasteiger partial charge on any atom is 0.0701 e.